The fraction of sp³-hybridized carbons (Fsp3) is 0.200. The summed E-state index contributed by atoms with van der Waals surface area (Å²) in [5.74, 6) is 1.09. The molecule has 0 aliphatic carbocycles. The van der Waals surface area contributed by atoms with E-state index in [4.69, 9.17) is 23.6 Å². The lowest BCUT2D eigenvalue weighted by Gasteiger charge is -2.18. The first-order chi connectivity index (χ1) is 19.4. The predicted molar refractivity (Wildman–Crippen MR) is 161 cm³/mol. The molecule has 5 aromatic rings. The number of benzene rings is 3. The van der Waals surface area contributed by atoms with Crippen LogP contribution in [0.3, 0.4) is 0 Å². The van der Waals surface area contributed by atoms with Crippen LogP contribution < -0.4 is 15.0 Å². The number of nitrogens with zero attached hydrogens (tertiary/aromatic N) is 3. The van der Waals surface area contributed by atoms with E-state index in [0.29, 0.717) is 49.5 Å². The van der Waals surface area contributed by atoms with Crippen molar-refractivity contribution in [3.8, 4) is 23.1 Å². The van der Waals surface area contributed by atoms with Gasteiger partial charge in [-0.25, -0.2) is 9.78 Å². The smallest absolute Gasteiger partial charge is 0.347 e. The Morgan fingerprint density at radius 3 is 2.65 bits per heavy atom. The molecule has 0 aliphatic rings. The molecule has 1 atom stereocenters. The van der Waals surface area contributed by atoms with Crippen molar-refractivity contribution in [2.24, 2.45) is 5.10 Å². The van der Waals surface area contributed by atoms with E-state index >= 15 is 0 Å². The molecule has 0 bridgehead atoms. The Morgan fingerprint density at radius 2 is 1.88 bits per heavy atom. The molecule has 3 aromatic carbocycles. The summed E-state index contributed by atoms with van der Waals surface area (Å²) in [5, 5.41) is 5.86. The van der Waals surface area contributed by atoms with Crippen LogP contribution in [0.5, 0.6) is 11.5 Å². The number of para-hydroxylation sites is 2. The average molecular weight is 651 g/mol. The minimum Gasteiger partial charge on any atom is -0.490 e. The van der Waals surface area contributed by atoms with Crippen LogP contribution in [0, 0.1) is 3.57 Å². The molecule has 0 amide bonds. The molecule has 2 aromatic heterocycles. The highest BCUT2D eigenvalue weighted by Crippen LogP contribution is 2.35. The summed E-state index contributed by atoms with van der Waals surface area (Å²) in [7, 11) is 0. The number of furan rings is 1. The van der Waals surface area contributed by atoms with Crippen LogP contribution in [-0.2, 0) is 9.53 Å². The third-order valence-electron chi connectivity index (χ3n) is 5.97. The van der Waals surface area contributed by atoms with Gasteiger partial charge in [0, 0.05) is 5.39 Å². The molecule has 0 radical (unpaired) electrons. The van der Waals surface area contributed by atoms with Gasteiger partial charge in [0.05, 0.1) is 33.9 Å². The highest BCUT2D eigenvalue weighted by atomic mass is 127. The Bertz CT molecular complexity index is 1760. The van der Waals surface area contributed by atoms with E-state index in [2.05, 4.69) is 27.7 Å². The number of carbonyl (C=O) groups is 1. The number of aromatic nitrogens is 2. The van der Waals surface area contributed by atoms with Crippen molar-refractivity contribution >= 4 is 56.6 Å². The summed E-state index contributed by atoms with van der Waals surface area (Å²) in [6.45, 7) is 5.86. The number of hydrogen-bond acceptors (Lipinski definition) is 8. The summed E-state index contributed by atoms with van der Waals surface area (Å²) in [6.07, 6.45) is 0.730. The highest BCUT2D eigenvalue weighted by Gasteiger charge is 2.21. The summed E-state index contributed by atoms with van der Waals surface area (Å²) < 4.78 is 24.8. The maximum Gasteiger partial charge on any atom is 0.347 e. The second-order valence-electron chi connectivity index (χ2n) is 8.74. The van der Waals surface area contributed by atoms with Crippen molar-refractivity contribution in [3.05, 3.63) is 86.2 Å². The van der Waals surface area contributed by atoms with E-state index < -0.39 is 12.1 Å². The molecule has 0 aliphatic heterocycles. The van der Waals surface area contributed by atoms with Gasteiger partial charge < -0.3 is 18.6 Å². The van der Waals surface area contributed by atoms with Crippen molar-refractivity contribution in [3.63, 3.8) is 0 Å². The average Bonchev–Trinajstić information content (AvgIpc) is 3.39. The Balaban J connectivity index is 1.58. The third kappa shape index (κ3) is 5.57. The summed E-state index contributed by atoms with van der Waals surface area (Å²) in [4.78, 5) is 30.4. The molecular formula is C30H26IN3O6. The van der Waals surface area contributed by atoms with Gasteiger partial charge in [-0.1, -0.05) is 30.3 Å². The van der Waals surface area contributed by atoms with Crippen LogP contribution in [0.2, 0.25) is 0 Å². The molecule has 9 nitrogen and oxygen atoms in total. The number of fused-ring (bicyclic) bond motifs is 2. The van der Waals surface area contributed by atoms with E-state index in [9.17, 15) is 9.59 Å². The van der Waals surface area contributed by atoms with Crippen LogP contribution in [0.25, 0.3) is 33.5 Å². The van der Waals surface area contributed by atoms with Crippen LogP contribution in [0.1, 0.15) is 26.3 Å². The third-order valence-corrected chi connectivity index (χ3v) is 6.77. The largest absolute Gasteiger partial charge is 0.490 e. The molecule has 40 heavy (non-hydrogen) atoms. The molecule has 10 heteroatoms. The van der Waals surface area contributed by atoms with E-state index in [1.807, 2.05) is 49.4 Å². The molecule has 0 saturated carbocycles. The van der Waals surface area contributed by atoms with E-state index in [0.717, 1.165) is 5.39 Å². The van der Waals surface area contributed by atoms with Gasteiger partial charge in [-0.2, -0.15) is 9.78 Å². The van der Waals surface area contributed by atoms with Gasteiger partial charge in [-0.15, -0.1) is 0 Å². The molecule has 0 fully saturated rings. The van der Waals surface area contributed by atoms with Gasteiger partial charge in [0.1, 0.15) is 5.58 Å². The highest BCUT2D eigenvalue weighted by molar-refractivity contribution is 14.1. The van der Waals surface area contributed by atoms with Crippen LogP contribution in [0.15, 0.2) is 81.0 Å². The zero-order valence-corrected chi connectivity index (χ0v) is 24.2. The second kappa shape index (κ2) is 11.9. The maximum absolute atomic E-state index is 13.6. The van der Waals surface area contributed by atoms with Crippen molar-refractivity contribution < 1.29 is 23.4 Å². The van der Waals surface area contributed by atoms with Gasteiger partial charge in [0.2, 0.25) is 5.82 Å². The van der Waals surface area contributed by atoms with Gasteiger partial charge in [0.15, 0.2) is 23.4 Å². The first kappa shape index (κ1) is 27.4. The van der Waals surface area contributed by atoms with E-state index in [1.54, 1.807) is 44.3 Å². The van der Waals surface area contributed by atoms with Crippen LogP contribution in [0.4, 0.5) is 0 Å². The Labute approximate surface area is 243 Å². The lowest BCUT2D eigenvalue weighted by atomic mass is 10.2. The fourth-order valence-electron chi connectivity index (χ4n) is 4.13. The zero-order chi connectivity index (χ0) is 28.2. The van der Waals surface area contributed by atoms with Gasteiger partial charge >= 0.3 is 5.97 Å². The minimum absolute atomic E-state index is 0.260. The first-order valence-corrected chi connectivity index (χ1v) is 13.8. The zero-order valence-electron chi connectivity index (χ0n) is 22.1. The predicted octanol–water partition coefficient (Wildman–Crippen LogP) is 6.03. The van der Waals surface area contributed by atoms with Crippen molar-refractivity contribution in [1.29, 1.82) is 0 Å². The normalized spacial score (nSPS) is 12.2. The van der Waals surface area contributed by atoms with Crippen molar-refractivity contribution in [2.45, 2.75) is 26.9 Å². The Hall–Kier alpha value is -4.19. The molecule has 0 saturated heterocycles. The monoisotopic (exact) mass is 651 g/mol. The van der Waals surface area contributed by atoms with Crippen LogP contribution in [-0.4, -0.2) is 41.2 Å². The number of rotatable bonds is 9. The van der Waals surface area contributed by atoms with Crippen LogP contribution >= 0.6 is 22.6 Å². The van der Waals surface area contributed by atoms with Crippen molar-refractivity contribution in [2.75, 3.05) is 13.2 Å². The number of carbonyl (C=O) groups excluding carboxylic acids is 1. The number of halogens is 1. The molecular weight excluding hydrogens is 625 g/mol. The lowest BCUT2D eigenvalue weighted by molar-refractivity contribution is -0.150. The first-order valence-electron chi connectivity index (χ1n) is 12.7. The standard InChI is InChI=1S/C30H26IN3O6/c1-4-37-25-15-19(14-22(31)27(25)39-18(3)30(36)38-5-2)17-32-34-28(26-16-20-10-6-9-13-24(20)40-26)33-23-12-8-7-11-21(23)29(34)35/h6-18H,4-5H2,1-3H3/t18-/m1/s1. The van der Waals surface area contributed by atoms with E-state index in [1.165, 1.54) is 4.68 Å². The molecule has 2 heterocycles. The summed E-state index contributed by atoms with van der Waals surface area (Å²) >= 11 is 2.11. The molecule has 204 valence electrons. The maximum atomic E-state index is 13.6. The number of ether oxygens (including phenoxy) is 3. The fourth-order valence-corrected chi connectivity index (χ4v) is 4.88. The topological polar surface area (TPSA) is 105 Å². The Kier molecular flexibility index (Phi) is 8.15. The van der Waals surface area contributed by atoms with E-state index in [-0.39, 0.29) is 18.0 Å². The summed E-state index contributed by atoms with van der Waals surface area (Å²) in [6, 6.07) is 20.1. The minimum atomic E-state index is -0.819. The number of hydrogen-bond donors (Lipinski definition) is 0. The van der Waals surface area contributed by atoms with Gasteiger partial charge in [0.25, 0.3) is 5.56 Å². The van der Waals surface area contributed by atoms with Gasteiger partial charge in [-0.3, -0.25) is 4.79 Å². The molecule has 0 N–H and O–H groups in total. The Morgan fingerprint density at radius 1 is 1.10 bits per heavy atom. The lowest BCUT2D eigenvalue weighted by Crippen LogP contribution is -2.26. The quantitative estimate of drug-likeness (QED) is 0.109. The molecule has 5 rings (SSSR count). The summed E-state index contributed by atoms with van der Waals surface area (Å²) in [5.41, 5.74) is 1.54. The van der Waals surface area contributed by atoms with Gasteiger partial charge in [-0.05, 0) is 85.3 Å². The molecule has 0 unspecified atom stereocenters. The number of esters is 1. The van der Waals surface area contributed by atoms with Crippen molar-refractivity contribution in [1.82, 2.24) is 9.66 Å². The molecule has 0 spiro atoms. The SMILES string of the molecule is CCOC(=O)[C@@H](C)Oc1c(I)cc(C=Nn2c(-c3cc4ccccc4o3)nc3ccccc3c2=O)cc1OCC. The second-order valence-corrected chi connectivity index (χ2v) is 9.90.